The fourth-order valence-corrected chi connectivity index (χ4v) is 1.91. The molecule has 0 spiro atoms. The number of rotatable bonds is 1. The number of benzene rings is 1. The monoisotopic (exact) mass is 233 g/mol. The van der Waals surface area contributed by atoms with Crippen LogP contribution < -0.4 is 4.90 Å². The van der Waals surface area contributed by atoms with E-state index < -0.39 is 5.91 Å². The van der Waals surface area contributed by atoms with Crippen LogP contribution in [0.1, 0.15) is 5.56 Å². The minimum absolute atomic E-state index is 0.115. The number of carbonyl (C=O) groups is 1. The van der Waals surface area contributed by atoms with Crippen molar-refractivity contribution in [3.63, 3.8) is 0 Å². The summed E-state index contributed by atoms with van der Waals surface area (Å²) in [5, 5.41) is 17.8. The lowest BCUT2D eigenvalue weighted by atomic mass is 10.0. The minimum atomic E-state index is -0.396. The zero-order valence-corrected chi connectivity index (χ0v) is 9.34. The van der Waals surface area contributed by atoms with Gasteiger partial charge in [0.05, 0.1) is 17.8 Å². The van der Waals surface area contributed by atoms with Gasteiger partial charge in [-0.15, -0.1) is 6.42 Å². The van der Waals surface area contributed by atoms with Crippen molar-refractivity contribution in [3.05, 3.63) is 35.4 Å². The van der Waals surface area contributed by atoms with Gasteiger partial charge in [-0.25, -0.2) is 0 Å². The Morgan fingerprint density at radius 2 is 1.94 bits per heavy atom. The highest BCUT2D eigenvalue weighted by Crippen LogP contribution is 2.37. The standard InChI is InChI=1S/C14H7N3O/c1-2-7-17-12-6-4-3-5-11(12)13(14(17)18)10(8-15)9-16/h1,3-6H,7H2. The van der Waals surface area contributed by atoms with Gasteiger partial charge >= 0.3 is 0 Å². The van der Waals surface area contributed by atoms with E-state index in [1.807, 2.05) is 0 Å². The average molecular weight is 233 g/mol. The van der Waals surface area contributed by atoms with Crippen LogP contribution in [0.5, 0.6) is 0 Å². The van der Waals surface area contributed by atoms with Gasteiger partial charge in [0.1, 0.15) is 17.7 Å². The number of fused-ring (bicyclic) bond motifs is 1. The number of hydrogen-bond donors (Lipinski definition) is 0. The Morgan fingerprint density at radius 3 is 2.56 bits per heavy atom. The third kappa shape index (κ3) is 1.52. The molecule has 2 rings (SSSR count). The molecule has 1 aliphatic heterocycles. The summed E-state index contributed by atoms with van der Waals surface area (Å²) in [7, 11) is 0. The average Bonchev–Trinajstić information content (AvgIpc) is 2.67. The summed E-state index contributed by atoms with van der Waals surface area (Å²) in [4.78, 5) is 13.6. The van der Waals surface area contributed by atoms with Gasteiger partial charge in [-0.1, -0.05) is 24.1 Å². The highest BCUT2D eigenvalue weighted by atomic mass is 16.2. The molecule has 0 aromatic heterocycles. The fraction of sp³-hybridized carbons (Fsp3) is 0.0714. The second kappa shape index (κ2) is 4.45. The number of terminal acetylenes is 1. The maximum atomic E-state index is 12.2. The number of allylic oxidation sites excluding steroid dienone is 1. The SMILES string of the molecule is C#CCN1C(=O)C(=C(C#N)C#N)c2ccccc21. The smallest absolute Gasteiger partial charge is 0.261 e. The van der Waals surface area contributed by atoms with Crippen LogP contribution in [0.25, 0.3) is 5.57 Å². The Kier molecular flexibility index (Phi) is 2.83. The molecule has 0 fully saturated rings. The van der Waals surface area contributed by atoms with Crippen LogP contribution in [-0.4, -0.2) is 12.5 Å². The van der Waals surface area contributed by atoms with Crippen molar-refractivity contribution >= 4 is 17.2 Å². The van der Waals surface area contributed by atoms with Gasteiger partial charge in [0.15, 0.2) is 0 Å². The van der Waals surface area contributed by atoms with E-state index in [0.717, 1.165) is 0 Å². The molecule has 0 aliphatic carbocycles. The van der Waals surface area contributed by atoms with Crippen molar-refractivity contribution in [2.24, 2.45) is 0 Å². The van der Waals surface area contributed by atoms with Crippen LogP contribution in [-0.2, 0) is 4.79 Å². The highest BCUT2D eigenvalue weighted by Gasteiger charge is 2.34. The fourth-order valence-electron chi connectivity index (χ4n) is 1.91. The molecule has 0 unspecified atom stereocenters. The van der Waals surface area contributed by atoms with E-state index in [1.165, 1.54) is 4.90 Å². The molecular formula is C14H7N3O. The van der Waals surface area contributed by atoms with Crippen LogP contribution in [0, 0.1) is 35.0 Å². The minimum Gasteiger partial charge on any atom is -0.296 e. The molecule has 1 aromatic carbocycles. The first-order chi connectivity index (χ1) is 8.74. The Balaban J connectivity index is 2.73. The lowest BCUT2D eigenvalue weighted by Crippen LogP contribution is -2.26. The van der Waals surface area contributed by atoms with E-state index in [9.17, 15) is 4.79 Å². The summed E-state index contributed by atoms with van der Waals surface area (Å²) in [5.41, 5.74) is 1.16. The Morgan fingerprint density at radius 1 is 1.28 bits per heavy atom. The summed E-state index contributed by atoms with van der Waals surface area (Å²) < 4.78 is 0. The molecule has 4 nitrogen and oxygen atoms in total. The molecule has 0 saturated heterocycles. The predicted molar refractivity (Wildman–Crippen MR) is 65.8 cm³/mol. The zero-order chi connectivity index (χ0) is 13.1. The topological polar surface area (TPSA) is 67.9 Å². The summed E-state index contributed by atoms with van der Waals surface area (Å²) in [6.07, 6.45) is 5.22. The van der Waals surface area contributed by atoms with E-state index in [0.29, 0.717) is 11.3 Å². The van der Waals surface area contributed by atoms with E-state index in [2.05, 4.69) is 5.92 Å². The molecule has 1 aromatic rings. The molecule has 4 heteroatoms. The molecule has 1 heterocycles. The Bertz CT molecular complexity index is 664. The number of para-hydroxylation sites is 1. The molecule has 84 valence electrons. The first-order valence-electron chi connectivity index (χ1n) is 5.13. The van der Waals surface area contributed by atoms with Gasteiger partial charge in [0.2, 0.25) is 0 Å². The van der Waals surface area contributed by atoms with Gasteiger partial charge in [0.25, 0.3) is 5.91 Å². The van der Waals surface area contributed by atoms with E-state index in [1.54, 1.807) is 36.4 Å². The normalized spacial score (nSPS) is 12.4. The third-order valence-corrected chi connectivity index (χ3v) is 2.65. The number of nitrogens with zero attached hydrogens (tertiary/aromatic N) is 3. The van der Waals surface area contributed by atoms with Crippen molar-refractivity contribution in [2.45, 2.75) is 0 Å². The number of hydrogen-bond acceptors (Lipinski definition) is 3. The number of amides is 1. The van der Waals surface area contributed by atoms with Gasteiger partial charge in [-0.05, 0) is 6.07 Å². The highest BCUT2D eigenvalue weighted by molar-refractivity contribution is 6.34. The lowest BCUT2D eigenvalue weighted by Gasteiger charge is -2.12. The van der Waals surface area contributed by atoms with Crippen molar-refractivity contribution in [1.82, 2.24) is 0 Å². The first-order valence-corrected chi connectivity index (χ1v) is 5.13. The second-order valence-corrected chi connectivity index (χ2v) is 3.59. The summed E-state index contributed by atoms with van der Waals surface area (Å²) in [5.74, 6) is 2.00. The van der Waals surface area contributed by atoms with Gasteiger partial charge in [0, 0.05) is 5.56 Å². The summed E-state index contributed by atoms with van der Waals surface area (Å²) in [6.45, 7) is 0.115. The van der Waals surface area contributed by atoms with Gasteiger partial charge in [-0.2, -0.15) is 10.5 Å². The third-order valence-electron chi connectivity index (χ3n) is 2.65. The van der Waals surface area contributed by atoms with Crippen molar-refractivity contribution in [2.75, 3.05) is 11.4 Å². The van der Waals surface area contributed by atoms with E-state index in [4.69, 9.17) is 16.9 Å². The van der Waals surface area contributed by atoms with Crippen LogP contribution in [0.4, 0.5) is 5.69 Å². The van der Waals surface area contributed by atoms with Gasteiger partial charge in [-0.3, -0.25) is 9.69 Å². The maximum Gasteiger partial charge on any atom is 0.261 e. The van der Waals surface area contributed by atoms with Crippen molar-refractivity contribution in [3.8, 4) is 24.5 Å². The Labute approximate surface area is 104 Å². The van der Waals surface area contributed by atoms with E-state index >= 15 is 0 Å². The number of anilines is 1. The summed E-state index contributed by atoms with van der Waals surface area (Å²) in [6, 6.07) is 10.5. The molecule has 0 radical (unpaired) electrons. The Hall–Kier alpha value is -3.03. The zero-order valence-electron chi connectivity index (χ0n) is 9.34. The second-order valence-electron chi connectivity index (χ2n) is 3.59. The summed E-state index contributed by atoms with van der Waals surface area (Å²) >= 11 is 0. The molecule has 0 N–H and O–H groups in total. The van der Waals surface area contributed by atoms with Crippen LogP contribution in [0.2, 0.25) is 0 Å². The first kappa shape index (κ1) is 11.5. The molecule has 0 atom stereocenters. The van der Waals surface area contributed by atoms with E-state index in [-0.39, 0.29) is 17.7 Å². The van der Waals surface area contributed by atoms with Crippen LogP contribution in [0.3, 0.4) is 0 Å². The quantitative estimate of drug-likeness (QED) is 0.419. The van der Waals surface area contributed by atoms with Crippen LogP contribution >= 0.6 is 0 Å². The van der Waals surface area contributed by atoms with Crippen molar-refractivity contribution < 1.29 is 4.79 Å². The van der Waals surface area contributed by atoms with Gasteiger partial charge < -0.3 is 0 Å². The number of nitriles is 2. The van der Waals surface area contributed by atoms with Crippen LogP contribution in [0.15, 0.2) is 29.8 Å². The maximum absolute atomic E-state index is 12.2. The molecule has 0 bridgehead atoms. The number of carbonyl (C=O) groups excluding carboxylic acids is 1. The molecule has 0 saturated carbocycles. The molecule has 1 aliphatic rings. The predicted octanol–water partition coefficient (Wildman–Crippen LogP) is 1.47. The molecular weight excluding hydrogens is 226 g/mol. The molecule has 1 amide bonds. The van der Waals surface area contributed by atoms with Crippen molar-refractivity contribution in [1.29, 1.82) is 10.5 Å². The largest absolute Gasteiger partial charge is 0.296 e. The molecule has 18 heavy (non-hydrogen) atoms. The lowest BCUT2D eigenvalue weighted by molar-refractivity contribution is -0.112.